The third kappa shape index (κ3) is 4.37. The fourth-order valence-electron chi connectivity index (χ4n) is 1.65. The van der Waals surface area contributed by atoms with E-state index in [1.807, 2.05) is 24.3 Å². The molecule has 0 fully saturated rings. The van der Waals surface area contributed by atoms with E-state index in [0.29, 0.717) is 23.3 Å². The Morgan fingerprint density at radius 2 is 2.32 bits per heavy atom. The molecule has 0 radical (unpaired) electrons. The summed E-state index contributed by atoms with van der Waals surface area (Å²) in [4.78, 5) is 15.6. The third-order valence-electron chi connectivity index (χ3n) is 2.51. The molecule has 0 aliphatic carbocycles. The predicted octanol–water partition coefficient (Wildman–Crippen LogP) is 1.93. The van der Waals surface area contributed by atoms with Crippen molar-refractivity contribution in [1.82, 2.24) is 15.5 Å². The van der Waals surface area contributed by atoms with Gasteiger partial charge in [0.25, 0.3) is 0 Å². The van der Waals surface area contributed by atoms with Gasteiger partial charge in [-0.05, 0) is 31.0 Å². The smallest absolute Gasteiger partial charge is 0.236 e. The van der Waals surface area contributed by atoms with Crippen molar-refractivity contribution in [2.24, 2.45) is 0 Å². The number of carbonyl (C=O) groups is 1. The quantitative estimate of drug-likeness (QED) is 0.908. The zero-order valence-corrected chi connectivity index (χ0v) is 11.3. The highest BCUT2D eigenvalue weighted by Gasteiger charge is 2.08. The van der Waals surface area contributed by atoms with Crippen LogP contribution in [0.4, 0.5) is 0 Å². The van der Waals surface area contributed by atoms with Gasteiger partial charge in [-0.3, -0.25) is 4.79 Å². The number of hydrogen-bond acceptors (Lipinski definition) is 4. The maximum Gasteiger partial charge on any atom is 0.236 e. The molecule has 1 amide bonds. The van der Waals surface area contributed by atoms with Crippen molar-refractivity contribution in [3.8, 4) is 0 Å². The molecule has 0 saturated carbocycles. The number of nitrogens with zero attached hydrogens (tertiary/aromatic N) is 2. The number of aryl methyl sites for hydroxylation is 1. The third-order valence-corrected chi connectivity index (χ3v) is 2.74. The Hall–Kier alpha value is -1.88. The number of rotatable bonds is 5. The Morgan fingerprint density at radius 1 is 1.47 bits per heavy atom. The van der Waals surface area contributed by atoms with E-state index in [0.717, 1.165) is 12.0 Å². The summed E-state index contributed by atoms with van der Waals surface area (Å²) in [5, 5.41) is 7.12. The van der Waals surface area contributed by atoms with Crippen LogP contribution in [0.3, 0.4) is 0 Å². The summed E-state index contributed by atoms with van der Waals surface area (Å²) in [6, 6.07) is 7.57. The number of carbonyl (C=O) groups excluding carboxylic acids is 1. The zero-order valence-electron chi connectivity index (χ0n) is 10.5. The summed E-state index contributed by atoms with van der Waals surface area (Å²) in [6.45, 7) is 2.26. The van der Waals surface area contributed by atoms with E-state index in [1.54, 1.807) is 6.92 Å². The van der Waals surface area contributed by atoms with Crippen molar-refractivity contribution in [3.05, 3.63) is 46.6 Å². The molecular formula is C13H14ClN3O2. The van der Waals surface area contributed by atoms with Gasteiger partial charge in [0.05, 0.1) is 0 Å². The van der Waals surface area contributed by atoms with Gasteiger partial charge in [0, 0.05) is 11.6 Å². The summed E-state index contributed by atoms with van der Waals surface area (Å²) >= 11 is 5.88. The van der Waals surface area contributed by atoms with Crippen LogP contribution in [0.1, 0.15) is 17.3 Å². The lowest BCUT2D eigenvalue weighted by Gasteiger charge is -2.04. The van der Waals surface area contributed by atoms with Gasteiger partial charge in [0.2, 0.25) is 11.8 Å². The molecule has 6 heteroatoms. The highest BCUT2D eigenvalue weighted by atomic mass is 35.5. The summed E-state index contributed by atoms with van der Waals surface area (Å²) in [5.74, 6) is 0.727. The lowest BCUT2D eigenvalue weighted by molar-refractivity contribution is -0.120. The van der Waals surface area contributed by atoms with Gasteiger partial charge in [0.15, 0.2) is 5.82 Å². The van der Waals surface area contributed by atoms with Gasteiger partial charge in [-0.25, -0.2) is 0 Å². The van der Waals surface area contributed by atoms with E-state index >= 15 is 0 Å². The van der Waals surface area contributed by atoms with Crippen molar-refractivity contribution in [2.75, 3.05) is 6.54 Å². The monoisotopic (exact) mass is 279 g/mol. The standard InChI is InChI=1S/C13H14ClN3O2/c1-9-16-13(19-17-9)8-12(18)15-6-5-10-3-2-4-11(14)7-10/h2-4,7H,5-6,8H2,1H3,(H,15,18). The minimum Gasteiger partial charge on any atom is -0.355 e. The molecule has 1 N–H and O–H groups in total. The highest BCUT2D eigenvalue weighted by Crippen LogP contribution is 2.10. The van der Waals surface area contributed by atoms with Gasteiger partial charge in [-0.2, -0.15) is 4.98 Å². The van der Waals surface area contributed by atoms with Crippen molar-refractivity contribution in [3.63, 3.8) is 0 Å². The van der Waals surface area contributed by atoms with E-state index in [1.165, 1.54) is 0 Å². The van der Waals surface area contributed by atoms with Crippen molar-refractivity contribution in [1.29, 1.82) is 0 Å². The molecule has 0 bridgehead atoms. The Morgan fingerprint density at radius 3 is 3.00 bits per heavy atom. The molecule has 0 atom stereocenters. The molecule has 0 aliphatic rings. The van der Waals surface area contributed by atoms with Crippen molar-refractivity contribution >= 4 is 17.5 Å². The number of amides is 1. The van der Waals surface area contributed by atoms with Crippen LogP contribution in [0.15, 0.2) is 28.8 Å². The van der Waals surface area contributed by atoms with Crippen LogP contribution in [-0.4, -0.2) is 22.6 Å². The summed E-state index contributed by atoms with van der Waals surface area (Å²) in [7, 11) is 0. The molecule has 0 saturated heterocycles. The summed E-state index contributed by atoms with van der Waals surface area (Å²) in [5.41, 5.74) is 1.08. The lowest BCUT2D eigenvalue weighted by atomic mass is 10.1. The first-order valence-electron chi connectivity index (χ1n) is 5.94. The van der Waals surface area contributed by atoms with Crippen LogP contribution in [0.5, 0.6) is 0 Å². The van der Waals surface area contributed by atoms with Gasteiger partial charge in [0.1, 0.15) is 6.42 Å². The number of hydrogen-bond donors (Lipinski definition) is 1. The molecule has 19 heavy (non-hydrogen) atoms. The van der Waals surface area contributed by atoms with Gasteiger partial charge in [-0.15, -0.1) is 0 Å². The van der Waals surface area contributed by atoms with Crippen LogP contribution in [0.25, 0.3) is 0 Å². The molecule has 1 aromatic carbocycles. The van der Waals surface area contributed by atoms with Crippen LogP contribution in [0, 0.1) is 6.92 Å². The summed E-state index contributed by atoms with van der Waals surface area (Å²) in [6.07, 6.45) is 0.839. The first-order chi connectivity index (χ1) is 9.13. The second kappa shape index (κ2) is 6.33. The van der Waals surface area contributed by atoms with Crippen LogP contribution < -0.4 is 5.32 Å². The normalized spacial score (nSPS) is 10.4. The van der Waals surface area contributed by atoms with Gasteiger partial charge < -0.3 is 9.84 Å². The second-order valence-electron chi connectivity index (χ2n) is 4.14. The highest BCUT2D eigenvalue weighted by molar-refractivity contribution is 6.30. The van der Waals surface area contributed by atoms with Crippen molar-refractivity contribution in [2.45, 2.75) is 19.8 Å². The van der Waals surface area contributed by atoms with E-state index < -0.39 is 0 Å². The van der Waals surface area contributed by atoms with Crippen LogP contribution in [-0.2, 0) is 17.6 Å². The predicted molar refractivity (Wildman–Crippen MR) is 70.9 cm³/mol. The molecular weight excluding hydrogens is 266 g/mol. The Balaban J connectivity index is 1.75. The Labute approximate surface area is 116 Å². The van der Waals surface area contributed by atoms with Crippen LogP contribution in [0.2, 0.25) is 5.02 Å². The largest absolute Gasteiger partial charge is 0.355 e. The number of nitrogens with one attached hydrogen (secondary N) is 1. The molecule has 0 spiro atoms. The Bertz CT molecular complexity index is 569. The number of benzene rings is 1. The molecule has 2 aromatic rings. The molecule has 1 aromatic heterocycles. The molecule has 0 aliphatic heterocycles. The molecule has 5 nitrogen and oxygen atoms in total. The molecule has 0 unspecified atom stereocenters. The fourth-order valence-corrected chi connectivity index (χ4v) is 1.86. The average Bonchev–Trinajstić information content (AvgIpc) is 2.75. The van der Waals surface area contributed by atoms with Gasteiger partial charge in [-0.1, -0.05) is 28.9 Å². The second-order valence-corrected chi connectivity index (χ2v) is 4.58. The number of aromatic nitrogens is 2. The summed E-state index contributed by atoms with van der Waals surface area (Å²) < 4.78 is 4.88. The maximum absolute atomic E-state index is 11.6. The minimum absolute atomic E-state index is 0.108. The minimum atomic E-state index is -0.134. The Kier molecular flexibility index (Phi) is 4.52. The topological polar surface area (TPSA) is 68.0 Å². The van der Waals surface area contributed by atoms with E-state index in [9.17, 15) is 4.79 Å². The van der Waals surface area contributed by atoms with Crippen molar-refractivity contribution < 1.29 is 9.32 Å². The zero-order chi connectivity index (χ0) is 13.7. The lowest BCUT2D eigenvalue weighted by Crippen LogP contribution is -2.27. The van der Waals surface area contributed by atoms with E-state index in [2.05, 4.69) is 15.5 Å². The molecule has 1 heterocycles. The molecule has 100 valence electrons. The number of halogens is 1. The van der Waals surface area contributed by atoms with E-state index in [4.69, 9.17) is 16.1 Å². The first kappa shape index (κ1) is 13.5. The van der Waals surface area contributed by atoms with E-state index in [-0.39, 0.29) is 12.3 Å². The first-order valence-corrected chi connectivity index (χ1v) is 6.31. The van der Waals surface area contributed by atoms with Gasteiger partial charge >= 0.3 is 0 Å². The molecule has 2 rings (SSSR count). The van der Waals surface area contributed by atoms with Crippen LogP contribution >= 0.6 is 11.6 Å². The maximum atomic E-state index is 11.6. The average molecular weight is 280 g/mol. The fraction of sp³-hybridized carbons (Fsp3) is 0.308. The SMILES string of the molecule is Cc1noc(CC(=O)NCCc2cccc(Cl)c2)n1.